The van der Waals surface area contributed by atoms with Gasteiger partial charge in [-0.3, -0.25) is 4.79 Å². The van der Waals surface area contributed by atoms with Gasteiger partial charge in [0.2, 0.25) is 0 Å². The summed E-state index contributed by atoms with van der Waals surface area (Å²) in [4.78, 5) is 11.6. The zero-order chi connectivity index (χ0) is 11.1. The number of ether oxygens (including phenoxy) is 1. The molecular formula is C13H16O2. The highest BCUT2D eigenvalue weighted by atomic mass is 16.5. The lowest BCUT2D eigenvalue weighted by Gasteiger charge is -2.02. The number of benzene rings is 1. The lowest BCUT2D eigenvalue weighted by molar-refractivity contribution is 0.0768. The molecule has 1 rings (SSSR count). The first kappa shape index (κ1) is 11.7. The Morgan fingerprint density at radius 3 is 3.00 bits per heavy atom. The highest BCUT2D eigenvalue weighted by Gasteiger charge is 2.04. The van der Waals surface area contributed by atoms with Crippen molar-refractivity contribution >= 4 is 5.78 Å². The molecule has 0 aliphatic heterocycles. The predicted octanol–water partition coefficient (Wildman–Crippen LogP) is 2.77. The average Bonchev–Trinajstić information content (AvgIpc) is 2.24. The number of ketones is 1. The van der Waals surface area contributed by atoms with Crippen LogP contribution in [0.4, 0.5) is 0 Å². The molecule has 0 unspecified atom stereocenters. The Kier molecular flexibility index (Phi) is 4.78. The first-order chi connectivity index (χ1) is 7.24. The molecule has 2 nitrogen and oxygen atoms in total. The quantitative estimate of drug-likeness (QED) is 0.404. The van der Waals surface area contributed by atoms with Gasteiger partial charge in [-0.2, -0.15) is 0 Å². The van der Waals surface area contributed by atoms with E-state index in [0.717, 1.165) is 12.0 Å². The van der Waals surface area contributed by atoms with Gasteiger partial charge in [0.25, 0.3) is 0 Å². The first-order valence-electron chi connectivity index (χ1n) is 5.02. The molecule has 0 saturated heterocycles. The van der Waals surface area contributed by atoms with Crippen LogP contribution in [-0.4, -0.2) is 19.0 Å². The third-order valence-corrected chi connectivity index (χ3v) is 2.04. The summed E-state index contributed by atoms with van der Waals surface area (Å²) < 4.78 is 5.21. The minimum Gasteiger partial charge on any atom is -0.373 e. The zero-order valence-electron chi connectivity index (χ0n) is 9.03. The van der Waals surface area contributed by atoms with Gasteiger partial charge in [0, 0.05) is 5.56 Å². The molecule has 0 fully saturated rings. The fourth-order valence-corrected chi connectivity index (χ4v) is 1.23. The van der Waals surface area contributed by atoms with Gasteiger partial charge in [0.05, 0.1) is 6.61 Å². The highest BCUT2D eigenvalue weighted by Crippen LogP contribution is 2.05. The Morgan fingerprint density at radius 2 is 2.33 bits per heavy atom. The number of rotatable bonds is 6. The number of hydrogen-bond acceptors (Lipinski definition) is 2. The van der Waals surface area contributed by atoms with Crippen LogP contribution in [0.1, 0.15) is 22.3 Å². The molecule has 0 aliphatic carbocycles. The highest BCUT2D eigenvalue weighted by molar-refractivity contribution is 5.97. The van der Waals surface area contributed by atoms with E-state index in [1.165, 1.54) is 0 Å². The Balaban J connectivity index is 2.43. The van der Waals surface area contributed by atoms with E-state index in [9.17, 15) is 4.79 Å². The van der Waals surface area contributed by atoms with Crippen LogP contribution in [0.2, 0.25) is 0 Å². The summed E-state index contributed by atoms with van der Waals surface area (Å²) in [6.07, 6.45) is 2.55. The van der Waals surface area contributed by atoms with Crippen molar-refractivity contribution in [1.82, 2.24) is 0 Å². The maximum absolute atomic E-state index is 11.6. The van der Waals surface area contributed by atoms with Crippen LogP contribution in [0, 0.1) is 6.92 Å². The monoisotopic (exact) mass is 204 g/mol. The van der Waals surface area contributed by atoms with Crippen molar-refractivity contribution in [2.45, 2.75) is 13.3 Å². The molecule has 0 amide bonds. The van der Waals surface area contributed by atoms with Crippen molar-refractivity contribution in [2.75, 3.05) is 13.2 Å². The van der Waals surface area contributed by atoms with Gasteiger partial charge in [-0.05, 0) is 19.4 Å². The van der Waals surface area contributed by atoms with Crippen molar-refractivity contribution in [1.29, 1.82) is 0 Å². The number of carbonyl (C=O) groups excluding carboxylic acids is 1. The summed E-state index contributed by atoms with van der Waals surface area (Å²) in [6.45, 7) is 6.26. The van der Waals surface area contributed by atoms with E-state index in [2.05, 4.69) is 6.58 Å². The van der Waals surface area contributed by atoms with Crippen molar-refractivity contribution in [3.8, 4) is 0 Å². The summed E-state index contributed by atoms with van der Waals surface area (Å²) in [5.41, 5.74) is 1.81. The molecule has 1 aromatic rings. The van der Waals surface area contributed by atoms with Gasteiger partial charge >= 0.3 is 0 Å². The largest absolute Gasteiger partial charge is 0.373 e. The van der Waals surface area contributed by atoms with Crippen LogP contribution < -0.4 is 0 Å². The minimum atomic E-state index is 0.0303. The number of aryl methyl sites for hydroxylation is 1. The molecular weight excluding hydrogens is 188 g/mol. The zero-order valence-corrected chi connectivity index (χ0v) is 9.03. The molecule has 0 spiro atoms. The Hall–Kier alpha value is -1.41. The van der Waals surface area contributed by atoms with E-state index in [4.69, 9.17) is 4.74 Å². The molecule has 0 saturated carbocycles. The number of Topliss-reactive ketones (excluding diaryl/α,β-unsaturated/α-hetero) is 1. The molecule has 0 atom stereocenters. The molecule has 0 aromatic heterocycles. The second-order valence-electron chi connectivity index (χ2n) is 3.42. The Labute approximate surface area is 90.6 Å². The van der Waals surface area contributed by atoms with Gasteiger partial charge < -0.3 is 4.74 Å². The number of carbonyl (C=O) groups is 1. The molecule has 0 bridgehead atoms. The molecule has 0 N–H and O–H groups in total. The van der Waals surface area contributed by atoms with Crippen molar-refractivity contribution in [3.63, 3.8) is 0 Å². The van der Waals surface area contributed by atoms with E-state index >= 15 is 0 Å². The van der Waals surface area contributed by atoms with Crippen LogP contribution in [0.5, 0.6) is 0 Å². The fraction of sp³-hybridized carbons (Fsp3) is 0.308. The lowest BCUT2D eigenvalue weighted by atomic mass is 10.1. The summed E-state index contributed by atoms with van der Waals surface area (Å²) in [5.74, 6) is 0.0303. The lowest BCUT2D eigenvalue weighted by Crippen LogP contribution is -2.09. The van der Waals surface area contributed by atoms with E-state index in [-0.39, 0.29) is 12.4 Å². The van der Waals surface area contributed by atoms with Crippen LogP contribution in [0.3, 0.4) is 0 Å². The smallest absolute Gasteiger partial charge is 0.188 e. The van der Waals surface area contributed by atoms with Crippen molar-refractivity contribution in [2.24, 2.45) is 0 Å². The van der Waals surface area contributed by atoms with Gasteiger partial charge in [0.15, 0.2) is 5.78 Å². The van der Waals surface area contributed by atoms with E-state index < -0.39 is 0 Å². The SMILES string of the molecule is C=CCCOCC(=O)c1cccc(C)c1. The fourth-order valence-electron chi connectivity index (χ4n) is 1.23. The molecule has 1 aromatic carbocycles. The van der Waals surface area contributed by atoms with Crippen molar-refractivity contribution < 1.29 is 9.53 Å². The first-order valence-corrected chi connectivity index (χ1v) is 5.02. The van der Waals surface area contributed by atoms with Gasteiger partial charge in [0.1, 0.15) is 6.61 Å². The molecule has 2 heteroatoms. The van der Waals surface area contributed by atoms with Gasteiger partial charge in [-0.1, -0.05) is 29.8 Å². The van der Waals surface area contributed by atoms with Crippen LogP contribution >= 0.6 is 0 Å². The molecule has 0 radical (unpaired) electrons. The summed E-state index contributed by atoms with van der Waals surface area (Å²) in [6, 6.07) is 7.53. The maximum Gasteiger partial charge on any atom is 0.188 e. The second-order valence-corrected chi connectivity index (χ2v) is 3.42. The second kappa shape index (κ2) is 6.14. The van der Waals surface area contributed by atoms with E-state index in [0.29, 0.717) is 12.2 Å². The molecule has 15 heavy (non-hydrogen) atoms. The average molecular weight is 204 g/mol. The molecule has 0 heterocycles. The van der Waals surface area contributed by atoms with Crippen LogP contribution in [0.25, 0.3) is 0 Å². The minimum absolute atomic E-state index is 0.0303. The maximum atomic E-state index is 11.6. The van der Waals surface area contributed by atoms with Crippen LogP contribution in [0.15, 0.2) is 36.9 Å². The van der Waals surface area contributed by atoms with Crippen LogP contribution in [-0.2, 0) is 4.74 Å². The summed E-state index contributed by atoms with van der Waals surface area (Å²) in [7, 11) is 0. The topological polar surface area (TPSA) is 26.3 Å². The normalized spacial score (nSPS) is 9.93. The van der Waals surface area contributed by atoms with E-state index in [1.807, 2.05) is 31.2 Å². The van der Waals surface area contributed by atoms with Crippen molar-refractivity contribution in [3.05, 3.63) is 48.0 Å². The molecule has 80 valence electrons. The Morgan fingerprint density at radius 1 is 1.53 bits per heavy atom. The summed E-state index contributed by atoms with van der Waals surface area (Å²) >= 11 is 0. The summed E-state index contributed by atoms with van der Waals surface area (Å²) in [5, 5.41) is 0. The predicted molar refractivity (Wildman–Crippen MR) is 61.1 cm³/mol. The van der Waals surface area contributed by atoms with E-state index in [1.54, 1.807) is 6.08 Å². The van der Waals surface area contributed by atoms with Gasteiger partial charge in [-0.15, -0.1) is 6.58 Å². The van der Waals surface area contributed by atoms with Gasteiger partial charge in [-0.25, -0.2) is 0 Å². The number of hydrogen-bond donors (Lipinski definition) is 0. The third kappa shape index (κ3) is 4.09. The standard InChI is InChI=1S/C13H16O2/c1-3-4-8-15-10-13(14)12-7-5-6-11(2)9-12/h3,5-7,9H,1,4,8,10H2,2H3. The third-order valence-electron chi connectivity index (χ3n) is 2.04. The Bertz CT molecular complexity index is 342. The molecule has 0 aliphatic rings.